The van der Waals surface area contributed by atoms with E-state index >= 15 is 0 Å². The van der Waals surface area contributed by atoms with Crippen LogP contribution in [0, 0.1) is 17.8 Å². The average Bonchev–Trinajstić information content (AvgIpc) is 2.90. The summed E-state index contributed by atoms with van der Waals surface area (Å²) in [6, 6.07) is 6.78. The first-order chi connectivity index (χ1) is 11.2. The zero-order valence-electron chi connectivity index (χ0n) is 13.8. The third-order valence-electron chi connectivity index (χ3n) is 5.87. The van der Waals surface area contributed by atoms with Gasteiger partial charge in [-0.3, -0.25) is 4.99 Å². The van der Waals surface area contributed by atoms with Crippen LogP contribution in [0.1, 0.15) is 36.3 Å². The smallest absolute Gasteiger partial charge is 0.0976 e. The number of hydrogen-bond donors (Lipinski definition) is 0. The average molecular weight is 325 g/mol. The molecule has 0 amide bonds. The molecule has 23 heavy (non-hydrogen) atoms. The lowest BCUT2D eigenvalue weighted by Crippen LogP contribution is -2.18. The van der Waals surface area contributed by atoms with E-state index in [1.54, 1.807) is 0 Å². The molecule has 1 aromatic carbocycles. The van der Waals surface area contributed by atoms with Crippen LogP contribution in [0.5, 0.6) is 0 Å². The fraction of sp³-hybridized carbons (Fsp3) is 0.579. The zero-order chi connectivity index (χ0) is 15.6. The molecule has 2 aliphatic heterocycles. The minimum atomic E-state index is 0.736. The molecule has 4 heteroatoms. The molecule has 2 aromatic rings. The Balaban J connectivity index is 1.43. The van der Waals surface area contributed by atoms with E-state index < -0.39 is 0 Å². The lowest BCUT2D eigenvalue weighted by Gasteiger charge is -2.17. The van der Waals surface area contributed by atoms with Gasteiger partial charge in [0, 0.05) is 31.3 Å². The molecule has 1 saturated carbocycles. The maximum atomic E-state index is 5.00. The molecule has 5 rings (SSSR count). The maximum Gasteiger partial charge on any atom is 0.0976 e. The predicted octanol–water partition coefficient (Wildman–Crippen LogP) is 3.79. The lowest BCUT2D eigenvalue weighted by atomic mass is 9.96. The highest BCUT2D eigenvalue weighted by Crippen LogP contribution is 2.58. The van der Waals surface area contributed by atoms with Crippen molar-refractivity contribution in [3.05, 3.63) is 28.8 Å². The minimum Gasteiger partial charge on any atom is -0.306 e. The van der Waals surface area contributed by atoms with E-state index in [0.717, 1.165) is 36.6 Å². The van der Waals surface area contributed by atoms with Gasteiger partial charge < -0.3 is 4.90 Å². The first-order valence-electron chi connectivity index (χ1n) is 8.82. The van der Waals surface area contributed by atoms with Crippen molar-refractivity contribution in [3.8, 4) is 0 Å². The highest BCUT2D eigenvalue weighted by molar-refractivity contribution is 7.18. The lowest BCUT2D eigenvalue weighted by molar-refractivity contribution is 0.362. The number of hydrogen-bond acceptors (Lipinski definition) is 4. The number of fused-ring (bicyclic) bond motifs is 2. The van der Waals surface area contributed by atoms with Crippen molar-refractivity contribution < 1.29 is 0 Å². The second-order valence-corrected chi connectivity index (χ2v) is 8.80. The quantitative estimate of drug-likeness (QED) is 0.840. The fourth-order valence-corrected chi connectivity index (χ4v) is 5.63. The van der Waals surface area contributed by atoms with Crippen LogP contribution in [0.25, 0.3) is 10.2 Å². The van der Waals surface area contributed by atoms with Gasteiger partial charge in [-0.05, 0) is 55.3 Å². The summed E-state index contributed by atoms with van der Waals surface area (Å²) in [6.45, 7) is 5.78. The Morgan fingerprint density at radius 2 is 2.04 bits per heavy atom. The molecule has 3 atom stereocenters. The molecular weight excluding hydrogens is 302 g/mol. The van der Waals surface area contributed by atoms with Crippen LogP contribution in [-0.4, -0.2) is 42.3 Å². The molecule has 3 aliphatic rings. The summed E-state index contributed by atoms with van der Waals surface area (Å²) in [5, 5.41) is 1.37. The fourth-order valence-electron chi connectivity index (χ4n) is 4.43. The third-order valence-corrected chi connectivity index (χ3v) is 7.00. The predicted molar refractivity (Wildman–Crippen MR) is 96.6 cm³/mol. The van der Waals surface area contributed by atoms with Gasteiger partial charge in [0.1, 0.15) is 0 Å². The number of rotatable bonds is 2. The standard InChI is InChI=1S/C19H23N3S/c1-11-3-5-15(20-8-11)12-4-6-17-16(7-12)21-19(23-17)18-13-9-22(2)10-14(13)18/h4,6-7,11,13-14,18H,3,5,8-10H2,1-2H3/t11-,13?,14?,18?/m0/s1. The van der Waals surface area contributed by atoms with Gasteiger partial charge in [0.25, 0.3) is 0 Å². The first-order valence-corrected chi connectivity index (χ1v) is 9.63. The molecule has 2 unspecified atom stereocenters. The molecule has 3 heterocycles. The number of thiazole rings is 1. The molecule has 0 N–H and O–H groups in total. The minimum absolute atomic E-state index is 0.736. The van der Waals surface area contributed by atoms with Gasteiger partial charge in [0.05, 0.1) is 15.2 Å². The Hall–Kier alpha value is -1.26. The Bertz CT molecular complexity index is 781. The summed E-state index contributed by atoms with van der Waals surface area (Å²) in [7, 11) is 2.24. The van der Waals surface area contributed by atoms with Crippen LogP contribution in [-0.2, 0) is 0 Å². The first kappa shape index (κ1) is 14.1. The van der Waals surface area contributed by atoms with Crippen LogP contribution in [0.2, 0.25) is 0 Å². The van der Waals surface area contributed by atoms with Crippen molar-refractivity contribution in [2.75, 3.05) is 26.7 Å². The van der Waals surface area contributed by atoms with Crippen LogP contribution < -0.4 is 0 Å². The van der Waals surface area contributed by atoms with Gasteiger partial charge >= 0.3 is 0 Å². The number of aliphatic imine (C=N–C) groups is 1. The van der Waals surface area contributed by atoms with E-state index in [2.05, 4.69) is 37.1 Å². The van der Waals surface area contributed by atoms with E-state index in [1.807, 2.05) is 11.3 Å². The van der Waals surface area contributed by atoms with Crippen molar-refractivity contribution in [3.63, 3.8) is 0 Å². The largest absolute Gasteiger partial charge is 0.306 e. The van der Waals surface area contributed by atoms with Crippen LogP contribution in [0.4, 0.5) is 0 Å². The molecule has 1 saturated heterocycles. The van der Waals surface area contributed by atoms with E-state index in [-0.39, 0.29) is 0 Å². The Morgan fingerprint density at radius 1 is 1.22 bits per heavy atom. The monoisotopic (exact) mass is 325 g/mol. The highest BCUT2D eigenvalue weighted by Gasteiger charge is 2.56. The third kappa shape index (κ3) is 2.34. The van der Waals surface area contributed by atoms with E-state index in [1.165, 1.54) is 46.0 Å². The highest BCUT2D eigenvalue weighted by atomic mass is 32.1. The van der Waals surface area contributed by atoms with Crippen LogP contribution >= 0.6 is 11.3 Å². The molecule has 1 aliphatic carbocycles. The van der Waals surface area contributed by atoms with Gasteiger partial charge in [-0.25, -0.2) is 4.98 Å². The summed E-state index contributed by atoms with van der Waals surface area (Å²) in [5.74, 6) is 3.20. The van der Waals surface area contributed by atoms with Gasteiger partial charge in [-0.2, -0.15) is 0 Å². The normalized spacial score (nSPS) is 33.7. The van der Waals surface area contributed by atoms with Crippen molar-refractivity contribution in [2.24, 2.45) is 22.7 Å². The van der Waals surface area contributed by atoms with Crippen molar-refractivity contribution in [1.82, 2.24) is 9.88 Å². The second-order valence-electron chi connectivity index (χ2n) is 7.74. The summed E-state index contributed by atoms with van der Waals surface area (Å²) in [6.07, 6.45) is 2.38. The number of likely N-dealkylation sites (tertiary alicyclic amines) is 1. The number of benzene rings is 1. The Labute approximate surface area is 141 Å². The summed E-state index contributed by atoms with van der Waals surface area (Å²) < 4.78 is 1.34. The summed E-state index contributed by atoms with van der Waals surface area (Å²) in [5.41, 5.74) is 3.75. The van der Waals surface area contributed by atoms with Crippen molar-refractivity contribution in [1.29, 1.82) is 0 Å². The van der Waals surface area contributed by atoms with Gasteiger partial charge in [-0.15, -0.1) is 11.3 Å². The zero-order valence-corrected chi connectivity index (χ0v) is 14.6. The van der Waals surface area contributed by atoms with E-state index in [9.17, 15) is 0 Å². The second kappa shape index (κ2) is 5.12. The topological polar surface area (TPSA) is 28.5 Å². The van der Waals surface area contributed by atoms with Gasteiger partial charge in [0.15, 0.2) is 0 Å². The summed E-state index contributed by atoms with van der Waals surface area (Å²) >= 11 is 1.91. The molecule has 0 bridgehead atoms. The van der Waals surface area contributed by atoms with Crippen molar-refractivity contribution in [2.45, 2.75) is 25.7 Å². The molecule has 120 valence electrons. The van der Waals surface area contributed by atoms with Gasteiger partial charge in [0.2, 0.25) is 0 Å². The molecule has 2 fully saturated rings. The summed E-state index contributed by atoms with van der Waals surface area (Å²) in [4.78, 5) is 12.2. The maximum absolute atomic E-state index is 5.00. The number of piperidine rings is 1. The van der Waals surface area contributed by atoms with Crippen molar-refractivity contribution >= 4 is 27.3 Å². The van der Waals surface area contributed by atoms with Gasteiger partial charge in [-0.1, -0.05) is 13.0 Å². The Kier molecular flexibility index (Phi) is 3.14. The molecule has 0 spiro atoms. The van der Waals surface area contributed by atoms with E-state index in [4.69, 9.17) is 9.98 Å². The number of aromatic nitrogens is 1. The SMILES string of the molecule is C[C@H]1CCC(c2ccc3sc(C4C5CN(C)CC54)nc3c2)=NC1. The molecular formula is C19H23N3S. The Morgan fingerprint density at radius 3 is 2.78 bits per heavy atom. The molecule has 1 aromatic heterocycles. The van der Waals surface area contributed by atoms with E-state index in [0.29, 0.717) is 0 Å². The molecule has 0 radical (unpaired) electrons. The van der Waals surface area contributed by atoms with Crippen LogP contribution in [0.15, 0.2) is 23.2 Å². The number of nitrogens with zero attached hydrogens (tertiary/aromatic N) is 3. The van der Waals surface area contributed by atoms with Crippen LogP contribution in [0.3, 0.4) is 0 Å². The molecule has 3 nitrogen and oxygen atoms in total.